The van der Waals surface area contributed by atoms with E-state index in [4.69, 9.17) is 4.74 Å². The lowest BCUT2D eigenvalue weighted by Crippen LogP contribution is -2.19. The SMILES string of the molecule is C=CSNc1cccc(Oc2c(C)cc(F)cc2C)c1-c1cc(NC)c(=O)n(C)c1. The van der Waals surface area contributed by atoms with Gasteiger partial charge in [-0.15, -0.1) is 0 Å². The van der Waals surface area contributed by atoms with Crippen molar-refractivity contribution in [1.29, 1.82) is 0 Å². The van der Waals surface area contributed by atoms with Crippen molar-refractivity contribution in [3.8, 4) is 22.6 Å². The van der Waals surface area contributed by atoms with Crippen LogP contribution in [0.2, 0.25) is 0 Å². The molecule has 0 atom stereocenters. The van der Waals surface area contributed by atoms with E-state index < -0.39 is 0 Å². The molecule has 1 aromatic heterocycles. The van der Waals surface area contributed by atoms with Gasteiger partial charge >= 0.3 is 0 Å². The van der Waals surface area contributed by atoms with Crippen molar-refractivity contribution in [2.75, 3.05) is 17.1 Å². The zero-order valence-corrected chi connectivity index (χ0v) is 18.2. The highest BCUT2D eigenvalue weighted by molar-refractivity contribution is 8.03. The molecule has 2 aromatic carbocycles. The van der Waals surface area contributed by atoms with Gasteiger partial charge in [-0.2, -0.15) is 0 Å². The molecule has 0 unspecified atom stereocenters. The molecule has 0 aliphatic heterocycles. The first-order valence-corrected chi connectivity index (χ1v) is 10.2. The van der Waals surface area contributed by atoms with E-state index in [9.17, 15) is 9.18 Å². The van der Waals surface area contributed by atoms with Crippen LogP contribution in [0.3, 0.4) is 0 Å². The van der Waals surface area contributed by atoms with Crippen molar-refractivity contribution in [3.05, 3.63) is 81.9 Å². The summed E-state index contributed by atoms with van der Waals surface area (Å²) < 4.78 is 24.8. The van der Waals surface area contributed by atoms with Gasteiger partial charge in [-0.05, 0) is 72.7 Å². The fourth-order valence-corrected chi connectivity index (χ4v) is 3.68. The third-order valence-corrected chi connectivity index (χ3v) is 5.16. The maximum Gasteiger partial charge on any atom is 0.273 e. The van der Waals surface area contributed by atoms with Gasteiger partial charge in [-0.25, -0.2) is 4.39 Å². The second-order valence-corrected chi connectivity index (χ2v) is 7.62. The van der Waals surface area contributed by atoms with Crippen molar-refractivity contribution in [2.24, 2.45) is 7.05 Å². The standard InChI is InChI=1S/C23H24FN3O2S/c1-6-30-26-18-8-7-9-20(29-22-14(2)10-17(24)11-15(22)3)21(18)16-12-19(25-4)23(28)27(5)13-16/h6-13,25-26H,1H2,2-5H3. The summed E-state index contributed by atoms with van der Waals surface area (Å²) in [5.41, 5.74) is 4.13. The molecule has 1 heterocycles. The predicted octanol–water partition coefficient (Wildman–Crippen LogP) is 5.85. The van der Waals surface area contributed by atoms with Gasteiger partial charge in [0.25, 0.3) is 5.56 Å². The lowest BCUT2D eigenvalue weighted by Gasteiger charge is -2.19. The Balaban J connectivity index is 2.22. The molecule has 0 spiro atoms. The largest absolute Gasteiger partial charge is 0.456 e. The normalized spacial score (nSPS) is 10.6. The summed E-state index contributed by atoms with van der Waals surface area (Å²) in [6.45, 7) is 7.35. The highest BCUT2D eigenvalue weighted by atomic mass is 32.2. The number of hydrogen-bond acceptors (Lipinski definition) is 5. The lowest BCUT2D eigenvalue weighted by molar-refractivity contribution is 0.474. The van der Waals surface area contributed by atoms with Gasteiger partial charge in [0, 0.05) is 31.4 Å². The van der Waals surface area contributed by atoms with Crippen LogP contribution in [0.5, 0.6) is 11.5 Å². The molecule has 5 nitrogen and oxygen atoms in total. The van der Waals surface area contributed by atoms with E-state index in [2.05, 4.69) is 16.6 Å². The van der Waals surface area contributed by atoms with Crippen LogP contribution < -0.4 is 20.3 Å². The summed E-state index contributed by atoms with van der Waals surface area (Å²) in [6, 6.07) is 10.3. The molecule has 3 rings (SSSR count). The second-order valence-electron chi connectivity index (χ2n) is 6.84. The Kier molecular flexibility index (Phi) is 6.52. The Morgan fingerprint density at radius 2 is 1.87 bits per heavy atom. The van der Waals surface area contributed by atoms with E-state index in [-0.39, 0.29) is 11.4 Å². The van der Waals surface area contributed by atoms with Crippen LogP contribution in [0.4, 0.5) is 15.8 Å². The fraction of sp³-hybridized carbons (Fsp3) is 0.174. The minimum absolute atomic E-state index is 0.125. The summed E-state index contributed by atoms with van der Waals surface area (Å²) in [6.07, 6.45) is 1.76. The summed E-state index contributed by atoms with van der Waals surface area (Å²) in [5, 5.41) is 4.63. The van der Waals surface area contributed by atoms with Gasteiger partial charge in [0.2, 0.25) is 0 Å². The molecule has 0 radical (unpaired) electrons. The zero-order chi connectivity index (χ0) is 21.8. The van der Waals surface area contributed by atoms with E-state index in [0.29, 0.717) is 28.3 Å². The quantitative estimate of drug-likeness (QED) is 0.465. The first-order chi connectivity index (χ1) is 14.3. The maximum absolute atomic E-state index is 13.7. The molecule has 30 heavy (non-hydrogen) atoms. The number of aryl methyl sites for hydroxylation is 3. The number of hydrogen-bond donors (Lipinski definition) is 2. The molecule has 0 aliphatic carbocycles. The third kappa shape index (κ3) is 4.36. The van der Waals surface area contributed by atoms with E-state index >= 15 is 0 Å². The van der Waals surface area contributed by atoms with Crippen LogP contribution in [-0.4, -0.2) is 11.6 Å². The number of ether oxygens (including phenoxy) is 1. The Morgan fingerprint density at radius 3 is 2.50 bits per heavy atom. The minimum Gasteiger partial charge on any atom is -0.456 e. The average molecular weight is 426 g/mol. The van der Waals surface area contributed by atoms with Gasteiger partial charge in [-0.1, -0.05) is 12.6 Å². The number of nitrogens with one attached hydrogen (secondary N) is 2. The van der Waals surface area contributed by atoms with Crippen molar-refractivity contribution < 1.29 is 9.13 Å². The minimum atomic E-state index is -0.299. The molecule has 2 N–H and O–H groups in total. The molecule has 0 bridgehead atoms. The number of benzene rings is 2. The summed E-state index contributed by atoms with van der Waals surface area (Å²) >= 11 is 1.34. The van der Waals surface area contributed by atoms with Crippen molar-refractivity contribution >= 4 is 23.3 Å². The average Bonchev–Trinajstić information content (AvgIpc) is 2.71. The Morgan fingerprint density at radius 1 is 1.17 bits per heavy atom. The Hall–Kier alpha value is -3.19. The fourth-order valence-electron chi connectivity index (χ4n) is 3.30. The predicted molar refractivity (Wildman–Crippen MR) is 124 cm³/mol. The number of aromatic nitrogens is 1. The van der Waals surface area contributed by atoms with Crippen LogP contribution in [0, 0.1) is 19.7 Å². The van der Waals surface area contributed by atoms with Gasteiger partial charge in [0.05, 0.1) is 5.69 Å². The third-order valence-electron chi connectivity index (χ3n) is 4.66. The summed E-state index contributed by atoms with van der Waals surface area (Å²) in [7, 11) is 3.41. The smallest absolute Gasteiger partial charge is 0.273 e. The molecular weight excluding hydrogens is 401 g/mol. The second kappa shape index (κ2) is 9.09. The molecule has 0 saturated heterocycles. The Labute approximate surface area is 179 Å². The molecule has 3 aromatic rings. The van der Waals surface area contributed by atoms with Gasteiger partial charge in [-0.3, -0.25) is 4.79 Å². The number of halogens is 1. The molecule has 0 saturated carbocycles. The highest BCUT2D eigenvalue weighted by Crippen LogP contribution is 2.41. The molecule has 0 fully saturated rings. The summed E-state index contributed by atoms with van der Waals surface area (Å²) in [4.78, 5) is 12.3. The van der Waals surface area contributed by atoms with E-state index in [1.807, 2.05) is 32.0 Å². The van der Waals surface area contributed by atoms with Gasteiger partial charge in [0.15, 0.2) is 0 Å². The van der Waals surface area contributed by atoms with Crippen LogP contribution in [0.25, 0.3) is 11.1 Å². The maximum atomic E-state index is 13.7. The van der Waals surface area contributed by atoms with Crippen LogP contribution >= 0.6 is 11.9 Å². The molecule has 7 heteroatoms. The van der Waals surface area contributed by atoms with Gasteiger partial charge < -0.3 is 19.3 Å². The number of anilines is 2. The number of rotatable bonds is 7. The molecule has 0 amide bonds. The summed E-state index contributed by atoms with van der Waals surface area (Å²) in [5.74, 6) is 0.889. The van der Waals surface area contributed by atoms with Crippen LogP contribution in [0.15, 0.2) is 59.4 Å². The zero-order valence-electron chi connectivity index (χ0n) is 17.4. The highest BCUT2D eigenvalue weighted by Gasteiger charge is 2.17. The van der Waals surface area contributed by atoms with E-state index in [1.54, 1.807) is 31.8 Å². The first kappa shape index (κ1) is 21.5. The Bertz CT molecular complexity index is 1130. The van der Waals surface area contributed by atoms with Crippen molar-refractivity contribution in [2.45, 2.75) is 13.8 Å². The topological polar surface area (TPSA) is 55.3 Å². The van der Waals surface area contributed by atoms with E-state index in [1.165, 1.54) is 28.6 Å². The van der Waals surface area contributed by atoms with Crippen LogP contribution in [0.1, 0.15) is 11.1 Å². The number of nitrogens with zero attached hydrogens (tertiary/aromatic N) is 1. The molecule has 0 aliphatic rings. The van der Waals surface area contributed by atoms with Crippen LogP contribution in [-0.2, 0) is 7.05 Å². The van der Waals surface area contributed by atoms with Crippen molar-refractivity contribution in [1.82, 2.24) is 4.57 Å². The van der Waals surface area contributed by atoms with Gasteiger partial charge in [0.1, 0.15) is 23.0 Å². The molecular formula is C23H24FN3O2S. The number of pyridine rings is 1. The van der Waals surface area contributed by atoms with Crippen molar-refractivity contribution in [3.63, 3.8) is 0 Å². The lowest BCUT2D eigenvalue weighted by atomic mass is 10.0. The first-order valence-electron chi connectivity index (χ1n) is 9.34. The monoisotopic (exact) mass is 425 g/mol. The van der Waals surface area contributed by atoms with E-state index in [0.717, 1.165) is 16.8 Å². The molecule has 156 valence electrons.